The Labute approximate surface area is 171 Å². The molecule has 2 aromatic carbocycles. The van der Waals surface area contributed by atoms with Crippen LogP contribution < -0.4 is 10.6 Å². The molecule has 9 heteroatoms. The van der Waals surface area contributed by atoms with Crippen molar-refractivity contribution in [2.24, 2.45) is 0 Å². The van der Waals surface area contributed by atoms with Crippen molar-refractivity contribution in [3.05, 3.63) is 57.6 Å². The minimum absolute atomic E-state index is 0.256. The highest BCUT2D eigenvalue weighted by molar-refractivity contribution is 6.35. The monoisotopic (exact) mass is 421 g/mol. The molecule has 1 aliphatic rings. The summed E-state index contributed by atoms with van der Waals surface area (Å²) in [4.78, 5) is 38.3. The zero-order valence-electron chi connectivity index (χ0n) is 14.9. The normalized spacial score (nSPS) is 12.9. The predicted molar refractivity (Wildman–Crippen MR) is 107 cm³/mol. The number of hydrogen-bond donors (Lipinski definition) is 2. The number of imide groups is 1. The van der Waals surface area contributed by atoms with Gasteiger partial charge in [0.05, 0.1) is 11.1 Å². The third-order valence-corrected chi connectivity index (χ3v) is 4.52. The van der Waals surface area contributed by atoms with Crippen LogP contribution in [0.3, 0.4) is 0 Å². The highest BCUT2D eigenvalue weighted by Crippen LogP contribution is 2.27. The number of hydrogen-bond acceptors (Lipinski definition) is 4. The van der Waals surface area contributed by atoms with Gasteiger partial charge in [0.2, 0.25) is 0 Å². The lowest BCUT2D eigenvalue weighted by atomic mass is 10.1. The molecule has 0 fully saturated rings. The average molecular weight is 422 g/mol. The molecule has 0 aliphatic carbocycles. The van der Waals surface area contributed by atoms with Gasteiger partial charge in [0, 0.05) is 41.7 Å². The van der Waals surface area contributed by atoms with Crippen LogP contribution in [-0.2, 0) is 4.74 Å². The highest BCUT2D eigenvalue weighted by atomic mass is 35.5. The first-order valence-electron chi connectivity index (χ1n) is 8.42. The molecule has 4 amide bonds. The lowest BCUT2D eigenvalue weighted by molar-refractivity contribution is 0.0638. The van der Waals surface area contributed by atoms with Crippen LogP contribution in [0.2, 0.25) is 10.0 Å². The Bertz CT molecular complexity index is 929. The third kappa shape index (κ3) is 4.44. The van der Waals surface area contributed by atoms with E-state index in [0.29, 0.717) is 40.0 Å². The van der Waals surface area contributed by atoms with Crippen molar-refractivity contribution in [3.8, 4) is 0 Å². The molecule has 0 radical (unpaired) electrons. The van der Waals surface area contributed by atoms with E-state index < -0.39 is 6.03 Å². The number of anilines is 2. The van der Waals surface area contributed by atoms with E-state index in [2.05, 4.69) is 10.6 Å². The molecule has 0 spiro atoms. The maximum atomic E-state index is 12.5. The van der Waals surface area contributed by atoms with Crippen molar-refractivity contribution in [3.63, 3.8) is 0 Å². The number of halogens is 2. The summed E-state index contributed by atoms with van der Waals surface area (Å²) < 4.78 is 4.96. The minimum atomic E-state index is -0.535. The molecule has 0 bridgehead atoms. The van der Waals surface area contributed by atoms with Gasteiger partial charge < -0.3 is 15.4 Å². The van der Waals surface area contributed by atoms with Gasteiger partial charge in [0.15, 0.2) is 0 Å². The summed E-state index contributed by atoms with van der Waals surface area (Å²) in [5, 5.41) is 6.01. The summed E-state index contributed by atoms with van der Waals surface area (Å²) in [6, 6.07) is 8.69. The fourth-order valence-electron chi connectivity index (χ4n) is 2.86. The van der Waals surface area contributed by atoms with E-state index in [9.17, 15) is 14.4 Å². The largest absolute Gasteiger partial charge is 0.385 e. The van der Waals surface area contributed by atoms with Gasteiger partial charge in [-0.2, -0.15) is 0 Å². The summed E-state index contributed by atoms with van der Waals surface area (Å²) in [5.41, 5.74) is 1.37. The Hall–Kier alpha value is -2.61. The van der Waals surface area contributed by atoms with E-state index >= 15 is 0 Å². The Morgan fingerprint density at radius 1 is 0.964 bits per heavy atom. The first-order valence-corrected chi connectivity index (χ1v) is 9.18. The summed E-state index contributed by atoms with van der Waals surface area (Å²) in [5.74, 6) is -0.734. The Balaban J connectivity index is 1.70. The van der Waals surface area contributed by atoms with Crippen LogP contribution in [0.1, 0.15) is 27.1 Å². The summed E-state index contributed by atoms with van der Waals surface area (Å²) in [6.07, 6.45) is 0.553. The number of carbonyl (C=O) groups excluding carboxylic acids is 3. The Morgan fingerprint density at radius 2 is 1.61 bits per heavy atom. The van der Waals surface area contributed by atoms with Crippen LogP contribution in [0.5, 0.6) is 0 Å². The van der Waals surface area contributed by atoms with E-state index in [-0.39, 0.29) is 23.9 Å². The smallest absolute Gasteiger partial charge is 0.323 e. The molecule has 1 aliphatic heterocycles. The lowest BCUT2D eigenvalue weighted by Gasteiger charge is -2.12. The number of urea groups is 1. The topological polar surface area (TPSA) is 87.7 Å². The molecule has 1 heterocycles. The van der Waals surface area contributed by atoms with Gasteiger partial charge in [0.25, 0.3) is 11.8 Å². The fourth-order valence-corrected chi connectivity index (χ4v) is 3.38. The van der Waals surface area contributed by atoms with Crippen LogP contribution in [0, 0.1) is 0 Å². The van der Waals surface area contributed by atoms with Crippen LogP contribution in [0.4, 0.5) is 16.2 Å². The van der Waals surface area contributed by atoms with Gasteiger partial charge in [-0.1, -0.05) is 23.2 Å². The fraction of sp³-hybridized carbons (Fsp3) is 0.211. The zero-order valence-corrected chi connectivity index (χ0v) is 16.4. The molecule has 7 nitrogen and oxygen atoms in total. The minimum Gasteiger partial charge on any atom is -0.385 e. The second-order valence-electron chi connectivity index (χ2n) is 6.11. The molecule has 2 N–H and O–H groups in total. The van der Waals surface area contributed by atoms with Crippen LogP contribution in [0.25, 0.3) is 0 Å². The first kappa shape index (κ1) is 20.1. The molecule has 2 aromatic rings. The Morgan fingerprint density at radius 3 is 2.29 bits per heavy atom. The molecule has 0 atom stereocenters. The lowest BCUT2D eigenvalue weighted by Crippen LogP contribution is -2.31. The van der Waals surface area contributed by atoms with Gasteiger partial charge in [-0.05, 0) is 42.8 Å². The number of fused-ring (bicyclic) bond motifs is 1. The summed E-state index contributed by atoms with van der Waals surface area (Å²) >= 11 is 11.8. The quantitative estimate of drug-likeness (QED) is 0.538. The van der Waals surface area contributed by atoms with Crippen LogP contribution >= 0.6 is 23.2 Å². The van der Waals surface area contributed by atoms with Crippen LogP contribution in [0.15, 0.2) is 36.4 Å². The summed E-state index contributed by atoms with van der Waals surface area (Å²) in [6.45, 7) is 0.729. The number of amides is 4. The first-order chi connectivity index (χ1) is 13.4. The molecule has 0 aromatic heterocycles. The van der Waals surface area contributed by atoms with E-state index in [1.807, 2.05) is 0 Å². The van der Waals surface area contributed by atoms with Crippen molar-refractivity contribution in [1.82, 2.24) is 4.90 Å². The molecule has 0 unspecified atom stereocenters. The number of carbonyl (C=O) groups is 3. The van der Waals surface area contributed by atoms with E-state index in [1.54, 1.807) is 31.4 Å². The van der Waals surface area contributed by atoms with Crippen molar-refractivity contribution in [2.75, 3.05) is 30.9 Å². The van der Waals surface area contributed by atoms with Crippen molar-refractivity contribution in [2.45, 2.75) is 6.42 Å². The standard InChI is InChI=1S/C19H17Cl2N3O4/c1-28-6-2-5-24-17(25)15-4-3-13(10-16(15)18(24)26)22-19(27)23-14-8-11(20)7-12(21)9-14/h3-4,7-10H,2,5-6H2,1H3,(H2,22,23,27). The second-order valence-corrected chi connectivity index (χ2v) is 6.98. The number of methoxy groups -OCH3 is 1. The molecular weight excluding hydrogens is 405 g/mol. The van der Waals surface area contributed by atoms with E-state index in [0.717, 1.165) is 0 Å². The number of ether oxygens (including phenoxy) is 1. The van der Waals surface area contributed by atoms with Gasteiger partial charge in [0.1, 0.15) is 0 Å². The van der Waals surface area contributed by atoms with E-state index in [4.69, 9.17) is 27.9 Å². The molecule has 0 saturated heterocycles. The maximum Gasteiger partial charge on any atom is 0.323 e. The Kier molecular flexibility index (Phi) is 6.18. The second kappa shape index (κ2) is 8.60. The maximum absolute atomic E-state index is 12.5. The van der Waals surface area contributed by atoms with Crippen molar-refractivity contribution >= 4 is 52.4 Å². The SMILES string of the molecule is COCCCN1C(=O)c2ccc(NC(=O)Nc3cc(Cl)cc(Cl)c3)cc2C1=O. The predicted octanol–water partition coefficient (Wildman–Crippen LogP) is 4.27. The number of nitrogens with one attached hydrogen (secondary N) is 2. The van der Waals surface area contributed by atoms with Crippen LogP contribution in [-0.4, -0.2) is 43.0 Å². The average Bonchev–Trinajstić information content (AvgIpc) is 2.85. The van der Waals surface area contributed by atoms with Crippen molar-refractivity contribution in [1.29, 1.82) is 0 Å². The third-order valence-electron chi connectivity index (χ3n) is 4.08. The molecular formula is C19H17Cl2N3O4. The van der Waals surface area contributed by atoms with Gasteiger partial charge >= 0.3 is 6.03 Å². The molecule has 3 rings (SSSR count). The van der Waals surface area contributed by atoms with E-state index in [1.165, 1.54) is 17.0 Å². The molecule has 0 saturated carbocycles. The van der Waals surface area contributed by atoms with Gasteiger partial charge in [-0.25, -0.2) is 4.79 Å². The van der Waals surface area contributed by atoms with Crippen molar-refractivity contribution < 1.29 is 19.1 Å². The molecule has 28 heavy (non-hydrogen) atoms. The zero-order chi connectivity index (χ0) is 20.3. The molecule has 146 valence electrons. The number of nitrogens with zero attached hydrogens (tertiary/aromatic N) is 1. The highest BCUT2D eigenvalue weighted by Gasteiger charge is 2.35. The number of benzene rings is 2. The van der Waals surface area contributed by atoms with Gasteiger partial charge in [-0.3, -0.25) is 14.5 Å². The number of rotatable bonds is 6. The summed E-state index contributed by atoms with van der Waals surface area (Å²) in [7, 11) is 1.56. The van der Waals surface area contributed by atoms with Gasteiger partial charge in [-0.15, -0.1) is 0 Å².